The molecule has 0 aromatic carbocycles. The third-order valence-corrected chi connectivity index (χ3v) is 3.56. The third kappa shape index (κ3) is 4.49. The van der Waals surface area contributed by atoms with Crippen molar-refractivity contribution in [2.75, 3.05) is 27.2 Å². The summed E-state index contributed by atoms with van der Waals surface area (Å²) in [5.74, 6) is 5.26. The third-order valence-electron chi connectivity index (χ3n) is 2.56. The van der Waals surface area contributed by atoms with E-state index < -0.39 is 0 Å². The lowest BCUT2D eigenvalue weighted by Crippen LogP contribution is -2.37. The summed E-state index contributed by atoms with van der Waals surface area (Å²) in [6.07, 6.45) is 0. The molecule has 5 heteroatoms. The molecule has 1 heterocycles. The topological polar surface area (TPSA) is 52.6 Å². The molecule has 0 saturated carbocycles. The molecule has 1 amide bonds. The quantitative estimate of drug-likeness (QED) is 0.792. The highest BCUT2D eigenvalue weighted by atomic mass is 32.1. The smallest absolute Gasteiger partial charge is 0.261 e. The van der Waals surface area contributed by atoms with Gasteiger partial charge in [-0.2, -0.15) is 0 Å². The minimum atomic E-state index is -0.167. The Balaban J connectivity index is 2.54. The van der Waals surface area contributed by atoms with Crippen molar-refractivity contribution in [2.24, 2.45) is 0 Å². The van der Waals surface area contributed by atoms with Crippen molar-refractivity contribution in [1.82, 2.24) is 10.2 Å². The Morgan fingerprint density at radius 1 is 1.56 bits per heavy atom. The van der Waals surface area contributed by atoms with Crippen LogP contribution in [0.2, 0.25) is 0 Å². The van der Waals surface area contributed by atoms with Gasteiger partial charge in [0, 0.05) is 12.6 Å². The van der Waals surface area contributed by atoms with Crippen LogP contribution in [-0.2, 0) is 0 Å². The number of aliphatic hydroxyl groups excluding tert-OH is 1. The van der Waals surface area contributed by atoms with E-state index in [9.17, 15) is 4.79 Å². The molecule has 0 radical (unpaired) electrons. The molecule has 1 atom stereocenters. The minimum absolute atomic E-state index is 0.0780. The normalized spacial score (nSPS) is 11.8. The van der Waals surface area contributed by atoms with Crippen LogP contribution in [0, 0.1) is 11.8 Å². The number of nitrogens with zero attached hydrogens (tertiary/aromatic N) is 1. The zero-order valence-corrected chi connectivity index (χ0v) is 11.7. The van der Waals surface area contributed by atoms with Crippen LogP contribution in [0.4, 0.5) is 0 Å². The van der Waals surface area contributed by atoms with Gasteiger partial charge >= 0.3 is 0 Å². The number of rotatable bonds is 4. The Morgan fingerprint density at radius 2 is 2.28 bits per heavy atom. The van der Waals surface area contributed by atoms with Crippen LogP contribution >= 0.6 is 11.3 Å². The fraction of sp³-hybridized carbons (Fsp3) is 0.462. The highest BCUT2D eigenvalue weighted by molar-refractivity contribution is 7.14. The maximum absolute atomic E-state index is 11.8. The van der Waals surface area contributed by atoms with Gasteiger partial charge in [-0.25, -0.2) is 0 Å². The predicted molar refractivity (Wildman–Crippen MR) is 73.8 cm³/mol. The second kappa shape index (κ2) is 7.17. The lowest BCUT2D eigenvalue weighted by Gasteiger charge is -2.19. The molecule has 1 aromatic rings. The molecule has 0 bridgehead atoms. The van der Waals surface area contributed by atoms with Gasteiger partial charge in [-0.15, -0.1) is 11.3 Å². The van der Waals surface area contributed by atoms with Gasteiger partial charge in [0.05, 0.1) is 9.75 Å². The molecule has 1 aromatic heterocycles. The molecule has 1 unspecified atom stereocenters. The molecular weight excluding hydrogens is 248 g/mol. The van der Waals surface area contributed by atoms with E-state index in [1.807, 2.05) is 25.9 Å². The molecule has 2 N–H and O–H groups in total. The zero-order chi connectivity index (χ0) is 13.5. The van der Waals surface area contributed by atoms with Crippen molar-refractivity contribution in [2.45, 2.75) is 13.0 Å². The molecule has 1 rings (SSSR count). The van der Waals surface area contributed by atoms with Gasteiger partial charge in [-0.05, 0) is 33.2 Å². The van der Waals surface area contributed by atoms with Gasteiger partial charge in [0.2, 0.25) is 0 Å². The average molecular weight is 266 g/mol. The Labute approximate surface area is 112 Å². The minimum Gasteiger partial charge on any atom is -0.384 e. The highest BCUT2D eigenvalue weighted by Gasteiger charge is 2.10. The Hall–Kier alpha value is -1.35. The summed E-state index contributed by atoms with van der Waals surface area (Å²) in [7, 11) is 3.95. The fourth-order valence-corrected chi connectivity index (χ4v) is 1.96. The van der Waals surface area contributed by atoms with E-state index in [1.54, 1.807) is 12.1 Å². The first-order chi connectivity index (χ1) is 8.54. The molecule has 0 fully saturated rings. The number of carbonyl (C=O) groups excluding carboxylic acids is 1. The summed E-state index contributed by atoms with van der Waals surface area (Å²) in [5.41, 5.74) is 0. The average Bonchev–Trinajstić information content (AvgIpc) is 2.81. The molecule has 0 saturated heterocycles. The maximum atomic E-state index is 11.8. The molecule has 4 nitrogen and oxygen atoms in total. The van der Waals surface area contributed by atoms with Crippen LogP contribution < -0.4 is 5.32 Å². The van der Waals surface area contributed by atoms with E-state index in [-0.39, 0.29) is 12.5 Å². The summed E-state index contributed by atoms with van der Waals surface area (Å²) >= 11 is 1.33. The van der Waals surface area contributed by atoms with Crippen LogP contribution in [0.15, 0.2) is 12.1 Å². The van der Waals surface area contributed by atoms with E-state index in [0.29, 0.717) is 17.5 Å². The number of amides is 1. The van der Waals surface area contributed by atoms with Crippen molar-refractivity contribution in [3.63, 3.8) is 0 Å². The number of aliphatic hydroxyl groups is 1. The van der Waals surface area contributed by atoms with Gasteiger partial charge in [-0.3, -0.25) is 4.79 Å². The first-order valence-electron chi connectivity index (χ1n) is 5.68. The van der Waals surface area contributed by atoms with E-state index in [4.69, 9.17) is 5.11 Å². The van der Waals surface area contributed by atoms with Crippen molar-refractivity contribution in [1.29, 1.82) is 0 Å². The zero-order valence-electron chi connectivity index (χ0n) is 10.9. The second-order valence-corrected chi connectivity index (χ2v) is 5.23. The van der Waals surface area contributed by atoms with Crippen molar-refractivity contribution in [3.8, 4) is 11.8 Å². The van der Waals surface area contributed by atoms with Crippen LogP contribution in [-0.4, -0.2) is 49.2 Å². The van der Waals surface area contributed by atoms with Gasteiger partial charge in [0.25, 0.3) is 5.91 Å². The number of thiophene rings is 1. The monoisotopic (exact) mass is 266 g/mol. The highest BCUT2D eigenvalue weighted by Crippen LogP contribution is 2.15. The van der Waals surface area contributed by atoms with E-state index in [2.05, 4.69) is 17.2 Å². The van der Waals surface area contributed by atoms with Gasteiger partial charge < -0.3 is 15.3 Å². The predicted octanol–water partition coefficient (Wildman–Crippen LogP) is 0.772. The van der Waals surface area contributed by atoms with E-state index in [1.165, 1.54) is 11.3 Å². The number of hydrogen-bond donors (Lipinski definition) is 2. The lowest BCUT2D eigenvalue weighted by molar-refractivity contribution is 0.0947. The SMILES string of the molecule is CC(CNC(=O)c1ccc(C#CCO)s1)N(C)C. The summed E-state index contributed by atoms with van der Waals surface area (Å²) in [6, 6.07) is 3.84. The number of likely N-dealkylation sites (N-methyl/N-ethyl adjacent to an activating group) is 1. The summed E-state index contributed by atoms with van der Waals surface area (Å²) in [5, 5.41) is 11.5. The summed E-state index contributed by atoms with van der Waals surface area (Å²) in [6.45, 7) is 2.49. The summed E-state index contributed by atoms with van der Waals surface area (Å²) < 4.78 is 0. The Morgan fingerprint density at radius 3 is 2.89 bits per heavy atom. The van der Waals surface area contributed by atoms with Gasteiger partial charge in [0.1, 0.15) is 6.61 Å². The molecular formula is C13H18N2O2S. The van der Waals surface area contributed by atoms with Crippen molar-refractivity contribution in [3.05, 3.63) is 21.9 Å². The van der Waals surface area contributed by atoms with Gasteiger partial charge in [-0.1, -0.05) is 11.8 Å². The van der Waals surface area contributed by atoms with Crippen LogP contribution in [0.1, 0.15) is 21.5 Å². The Kier molecular flexibility index (Phi) is 5.86. The standard InChI is InChI=1S/C13H18N2O2S/c1-10(15(2)3)9-14-13(17)12-7-6-11(18-12)5-4-8-16/h6-7,10,16H,8-9H2,1-3H3,(H,14,17). The first-order valence-corrected chi connectivity index (χ1v) is 6.50. The molecule has 0 spiro atoms. The van der Waals surface area contributed by atoms with E-state index in [0.717, 1.165) is 4.88 Å². The van der Waals surface area contributed by atoms with Crippen LogP contribution in [0.3, 0.4) is 0 Å². The van der Waals surface area contributed by atoms with E-state index >= 15 is 0 Å². The maximum Gasteiger partial charge on any atom is 0.261 e. The molecule has 0 aliphatic carbocycles. The number of hydrogen-bond acceptors (Lipinski definition) is 4. The largest absolute Gasteiger partial charge is 0.384 e. The van der Waals surface area contributed by atoms with Crippen molar-refractivity contribution < 1.29 is 9.90 Å². The van der Waals surface area contributed by atoms with Gasteiger partial charge in [0.15, 0.2) is 0 Å². The summed E-state index contributed by atoms with van der Waals surface area (Å²) in [4.78, 5) is 15.3. The first kappa shape index (κ1) is 14.7. The number of nitrogens with one attached hydrogen (secondary N) is 1. The number of carbonyl (C=O) groups is 1. The fourth-order valence-electron chi connectivity index (χ4n) is 1.16. The second-order valence-electron chi connectivity index (χ2n) is 4.15. The lowest BCUT2D eigenvalue weighted by atomic mass is 10.3. The molecule has 98 valence electrons. The molecule has 0 aliphatic rings. The molecule has 18 heavy (non-hydrogen) atoms. The van der Waals surface area contributed by atoms with Crippen molar-refractivity contribution >= 4 is 17.2 Å². The van der Waals surface area contributed by atoms with Crippen LogP contribution in [0.5, 0.6) is 0 Å². The van der Waals surface area contributed by atoms with Crippen LogP contribution in [0.25, 0.3) is 0 Å². The Bertz CT molecular complexity index is 457. The molecule has 0 aliphatic heterocycles.